The first-order chi connectivity index (χ1) is 10.6. The highest BCUT2D eigenvalue weighted by molar-refractivity contribution is 7.71. The highest BCUT2D eigenvalue weighted by Gasteiger charge is 2.15. The maximum absolute atomic E-state index is 13.1. The molecule has 1 aromatic heterocycles. The highest BCUT2D eigenvalue weighted by atomic mass is 32.1. The van der Waals surface area contributed by atoms with E-state index in [0.29, 0.717) is 22.4 Å². The average Bonchev–Trinajstić information content (AvgIpc) is 2.56. The predicted octanol–water partition coefficient (Wildman–Crippen LogP) is 4.18. The van der Waals surface area contributed by atoms with Crippen LogP contribution >= 0.6 is 12.2 Å². The van der Waals surface area contributed by atoms with Crippen LogP contribution in [0.5, 0.6) is 0 Å². The van der Waals surface area contributed by atoms with Gasteiger partial charge in [0.15, 0.2) is 10.6 Å². The summed E-state index contributed by atoms with van der Waals surface area (Å²) in [5.74, 6) is -0.508. The highest BCUT2D eigenvalue weighted by Crippen LogP contribution is 2.23. The summed E-state index contributed by atoms with van der Waals surface area (Å²) in [5.41, 5.74) is 2.16. The van der Waals surface area contributed by atoms with Gasteiger partial charge in [-0.05, 0) is 42.0 Å². The fourth-order valence-electron chi connectivity index (χ4n) is 2.16. The lowest BCUT2D eigenvalue weighted by Crippen LogP contribution is -2.06. The fourth-order valence-corrected chi connectivity index (χ4v) is 2.31. The summed E-state index contributed by atoms with van der Waals surface area (Å²) < 4.78 is 13.4. The van der Waals surface area contributed by atoms with Gasteiger partial charge in [0.1, 0.15) is 5.82 Å². The second-order valence-electron chi connectivity index (χ2n) is 4.68. The molecule has 0 amide bonds. The number of rotatable bonds is 3. The molecule has 0 saturated heterocycles. The molecule has 2 aromatic carbocycles. The Morgan fingerprint density at radius 1 is 1.05 bits per heavy atom. The molecule has 0 fully saturated rings. The number of hydrogen-bond donors (Lipinski definition) is 1. The van der Waals surface area contributed by atoms with Crippen LogP contribution in [-0.4, -0.2) is 15.8 Å². The third-order valence-electron chi connectivity index (χ3n) is 3.23. The van der Waals surface area contributed by atoms with Gasteiger partial charge in [-0.3, -0.25) is 4.79 Å². The van der Waals surface area contributed by atoms with Crippen molar-refractivity contribution in [2.45, 2.75) is 0 Å². The van der Waals surface area contributed by atoms with Gasteiger partial charge in [-0.1, -0.05) is 30.3 Å². The lowest BCUT2D eigenvalue weighted by Gasteiger charge is -2.08. The van der Waals surface area contributed by atoms with E-state index in [4.69, 9.17) is 12.2 Å². The summed E-state index contributed by atoms with van der Waals surface area (Å²) >= 11 is 5.04. The minimum atomic E-state index is -0.340. The molecule has 108 valence electrons. The third kappa shape index (κ3) is 2.84. The third-order valence-corrected chi connectivity index (χ3v) is 3.43. The largest absolute Gasteiger partial charge is 0.330 e. The lowest BCUT2D eigenvalue weighted by atomic mass is 9.99. The van der Waals surface area contributed by atoms with Gasteiger partial charge in [-0.25, -0.2) is 9.37 Å². The molecule has 3 aromatic rings. The zero-order chi connectivity index (χ0) is 15.5. The van der Waals surface area contributed by atoms with Crippen LogP contribution in [0.2, 0.25) is 0 Å². The molecule has 0 unspecified atom stereocenters. The Hall–Kier alpha value is -2.66. The second-order valence-corrected chi connectivity index (χ2v) is 5.07. The number of nitrogens with one attached hydrogen (secondary N) is 1. The second kappa shape index (κ2) is 5.99. The van der Waals surface area contributed by atoms with E-state index in [2.05, 4.69) is 9.97 Å². The Morgan fingerprint density at radius 2 is 1.73 bits per heavy atom. The van der Waals surface area contributed by atoms with Crippen molar-refractivity contribution in [2.24, 2.45) is 0 Å². The Kier molecular flexibility index (Phi) is 3.89. The molecule has 3 rings (SSSR count). The number of carbonyl (C=O) groups is 1. The van der Waals surface area contributed by atoms with Crippen LogP contribution in [0.25, 0.3) is 11.3 Å². The summed E-state index contributed by atoms with van der Waals surface area (Å²) in [6.07, 6.45) is 1.45. The summed E-state index contributed by atoms with van der Waals surface area (Å²) in [4.78, 5) is 19.6. The minimum absolute atomic E-state index is 0.168. The molecule has 3 nitrogen and oxygen atoms in total. The first kappa shape index (κ1) is 14.3. The van der Waals surface area contributed by atoms with E-state index >= 15 is 0 Å². The van der Waals surface area contributed by atoms with Crippen LogP contribution in [0.15, 0.2) is 60.8 Å². The van der Waals surface area contributed by atoms with E-state index in [0.717, 1.165) is 0 Å². The van der Waals surface area contributed by atoms with Gasteiger partial charge in [0.2, 0.25) is 0 Å². The van der Waals surface area contributed by atoms with Crippen molar-refractivity contribution in [1.29, 1.82) is 0 Å². The topological polar surface area (TPSA) is 45.8 Å². The van der Waals surface area contributed by atoms with Gasteiger partial charge in [0, 0.05) is 11.8 Å². The number of aromatic nitrogens is 2. The molecule has 0 bridgehead atoms. The molecule has 0 saturated carbocycles. The Morgan fingerprint density at radius 3 is 2.41 bits per heavy atom. The van der Waals surface area contributed by atoms with Gasteiger partial charge < -0.3 is 4.98 Å². The van der Waals surface area contributed by atoms with E-state index in [1.807, 2.05) is 6.07 Å². The van der Waals surface area contributed by atoms with Crippen LogP contribution in [0.3, 0.4) is 0 Å². The summed E-state index contributed by atoms with van der Waals surface area (Å²) in [6, 6.07) is 14.8. The molecular formula is C17H11FN2OS. The molecule has 0 spiro atoms. The van der Waals surface area contributed by atoms with Crippen LogP contribution in [-0.2, 0) is 0 Å². The molecule has 5 heteroatoms. The number of nitrogens with zero attached hydrogens (tertiary/aromatic N) is 1. The van der Waals surface area contributed by atoms with E-state index in [1.165, 1.54) is 18.3 Å². The van der Waals surface area contributed by atoms with Crippen molar-refractivity contribution < 1.29 is 9.18 Å². The SMILES string of the molecule is O=C(c1ccccc1)c1cnc(=S)[nH]c1-c1ccc(F)cc1. The van der Waals surface area contributed by atoms with Gasteiger partial charge >= 0.3 is 0 Å². The van der Waals surface area contributed by atoms with Gasteiger partial charge in [0.05, 0.1) is 11.3 Å². The van der Waals surface area contributed by atoms with Crippen molar-refractivity contribution in [2.75, 3.05) is 0 Å². The summed E-state index contributed by atoms with van der Waals surface area (Å²) in [7, 11) is 0. The number of halogens is 1. The molecule has 0 aliphatic rings. The van der Waals surface area contributed by atoms with Crippen LogP contribution in [0, 0.1) is 10.6 Å². The molecule has 22 heavy (non-hydrogen) atoms. The Labute approximate surface area is 131 Å². The zero-order valence-corrected chi connectivity index (χ0v) is 12.2. The first-order valence-corrected chi connectivity index (χ1v) is 7.01. The maximum Gasteiger partial charge on any atom is 0.197 e. The molecule has 0 aliphatic carbocycles. The lowest BCUT2D eigenvalue weighted by molar-refractivity contribution is 0.103. The average molecular weight is 310 g/mol. The smallest absolute Gasteiger partial charge is 0.197 e. The number of hydrogen-bond acceptors (Lipinski definition) is 3. The molecule has 0 aliphatic heterocycles. The number of benzene rings is 2. The van der Waals surface area contributed by atoms with E-state index in [-0.39, 0.29) is 16.4 Å². The fraction of sp³-hybridized carbons (Fsp3) is 0. The normalized spacial score (nSPS) is 10.4. The monoisotopic (exact) mass is 310 g/mol. The number of ketones is 1. The van der Waals surface area contributed by atoms with Crippen molar-refractivity contribution >= 4 is 18.0 Å². The summed E-state index contributed by atoms with van der Waals surface area (Å²) in [5, 5.41) is 0. The number of H-pyrrole nitrogens is 1. The quantitative estimate of drug-likeness (QED) is 0.583. The van der Waals surface area contributed by atoms with Gasteiger partial charge in [0.25, 0.3) is 0 Å². The molecular weight excluding hydrogens is 299 g/mol. The van der Waals surface area contributed by atoms with Gasteiger partial charge in [-0.15, -0.1) is 0 Å². The van der Waals surface area contributed by atoms with Crippen molar-refractivity contribution in [3.63, 3.8) is 0 Å². The molecule has 0 atom stereocenters. The van der Waals surface area contributed by atoms with Crippen molar-refractivity contribution in [1.82, 2.24) is 9.97 Å². The van der Waals surface area contributed by atoms with E-state index in [9.17, 15) is 9.18 Å². The Bertz CT molecular complexity index is 873. The molecule has 1 heterocycles. The van der Waals surface area contributed by atoms with Crippen LogP contribution in [0.4, 0.5) is 4.39 Å². The van der Waals surface area contributed by atoms with Crippen LogP contribution < -0.4 is 0 Å². The molecule has 0 radical (unpaired) electrons. The zero-order valence-electron chi connectivity index (χ0n) is 11.4. The van der Waals surface area contributed by atoms with E-state index in [1.54, 1.807) is 36.4 Å². The standard InChI is InChI=1S/C17H11FN2OS/c18-13-8-6-11(7-9-13)15-14(10-19-17(22)20-15)16(21)12-4-2-1-3-5-12/h1-10H,(H,19,20,22). The Balaban J connectivity index is 2.15. The van der Waals surface area contributed by atoms with Crippen LogP contribution in [0.1, 0.15) is 15.9 Å². The molecule has 1 N–H and O–H groups in total. The van der Waals surface area contributed by atoms with Gasteiger partial charge in [-0.2, -0.15) is 0 Å². The predicted molar refractivity (Wildman–Crippen MR) is 84.7 cm³/mol. The minimum Gasteiger partial charge on any atom is -0.330 e. The number of carbonyl (C=O) groups excluding carboxylic acids is 1. The number of aromatic amines is 1. The summed E-state index contributed by atoms with van der Waals surface area (Å²) in [6.45, 7) is 0. The van der Waals surface area contributed by atoms with E-state index < -0.39 is 0 Å². The van der Waals surface area contributed by atoms with Crippen molar-refractivity contribution in [3.8, 4) is 11.3 Å². The first-order valence-electron chi connectivity index (χ1n) is 6.60. The maximum atomic E-state index is 13.1. The van der Waals surface area contributed by atoms with Crippen molar-refractivity contribution in [3.05, 3.63) is 82.5 Å².